The second kappa shape index (κ2) is 12.1. The highest BCUT2D eigenvalue weighted by molar-refractivity contribution is 6.30. The Morgan fingerprint density at radius 3 is 2.69 bits per heavy atom. The van der Waals surface area contributed by atoms with Crippen LogP contribution in [0.3, 0.4) is 0 Å². The van der Waals surface area contributed by atoms with E-state index in [0.717, 1.165) is 50.3 Å². The summed E-state index contributed by atoms with van der Waals surface area (Å²) in [5, 5.41) is 14.1. The van der Waals surface area contributed by atoms with E-state index in [1.165, 1.54) is 12.1 Å². The van der Waals surface area contributed by atoms with Crippen LogP contribution >= 0.6 is 11.6 Å². The Bertz CT molecular complexity index is 1300. The maximum absolute atomic E-state index is 14.3. The number of aromatic nitrogens is 4. The molecule has 208 valence electrons. The van der Waals surface area contributed by atoms with Crippen LogP contribution in [0.1, 0.15) is 22.5 Å². The van der Waals surface area contributed by atoms with Gasteiger partial charge in [-0.3, -0.25) is 14.8 Å². The summed E-state index contributed by atoms with van der Waals surface area (Å²) in [4.78, 5) is 28.7. The number of carbonyl (C=O) groups is 1. The Labute approximate surface area is 231 Å². The van der Waals surface area contributed by atoms with Crippen LogP contribution in [0.4, 0.5) is 27.8 Å². The van der Waals surface area contributed by atoms with Crippen LogP contribution in [0.2, 0.25) is 5.02 Å². The number of aromatic amines is 1. The minimum Gasteiger partial charge on any atom is -0.383 e. The highest BCUT2D eigenvalue weighted by Crippen LogP contribution is 2.25. The van der Waals surface area contributed by atoms with Gasteiger partial charge in [0, 0.05) is 81.8 Å². The third-order valence-corrected chi connectivity index (χ3v) is 7.19. The number of nitrogens with zero attached hydrogens (tertiary/aromatic N) is 6. The second-order valence-corrected chi connectivity index (χ2v) is 10.3. The van der Waals surface area contributed by atoms with E-state index in [2.05, 4.69) is 35.6 Å². The molecular weight excluding hydrogens is 525 g/mol. The standard InChI is InChI=1S/C26H33ClFN9O2/c1-17-13-23(34-33-17)30-22-15-24(36-9-7-35(8-10-36)11-12-39-2)32-26(31-22)29-19-5-6-37(16-19)25(38)20-4-3-18(27)14-21(20)28/h3-4,13-15,19H,5-12,16H2,1-2H3,(H3,29,30,31,32,33,34)/t19-/m0/s1. The van der Waals surface area contributed by atoms with Crippen molar-refractivity contribution in [1.29, 1.82) is 0 Å². The van der Waals surface area contributed by atoms with Gasteiger partial charge in [0.15, 0.2) is 5.82 Å². The van der Waals surface area contributed by atoms with Crippen LogP contribution in [0, 0.1) is 12.7 Å². The number of ether oxygens (including phenoxy) is 1. The van der Waals surface area contributed by atoms with E-state index < -0.39 is 5.82 Å². The first-order valence-electron chi connectivity index (χ1n) is 13.0. The normalized spacial score (nSPS) is 18.0. The van der Waals surface area contributed by atoms with E-state index in [0.29, 0.717) is 43.7 Å². The fraction of sp³-hybridized carbons (Fsp3) is 0.462. The molecule has 1 amide bonds. The molecule has 2 aliphatic rings. The lowest BCUT2D eigenvalue weighted by atomic mass is 10.2. The number of aryl methyl sites for hydroxylation is 1. The number of rotatable bonds is 9. The minimum absolute atomic E-state index is 0.0173. The molecule has 11 nitrogen and oxygen atoms in total. The molecule has 0 spiro atoms. The summed E-state index contributed by atoms with van der Waals surface area (Å²) in [6, 6.07) is 7.86. The topological polar surface area (TPSA) is 115 Å². The smallest absolute Gasteiger partial charge is 0.256 e. The molecule has 0 saturated carbocycles. The van der Waals surface area contributed by atoms with Gasteiger partial charge in [-0.2, -0.15) is 15.1 Å². The molecule has 4 heterocycles. The Hall–Kier alpha value is -3.48. The van der Waals surface area contributed by atoms with E-state index in [1.807, 2.05) is 19.1 Å². The van der Waals surface area contributed by atoms with Crippen molar-refractivity contribution >= 4 is 40.9 Å². The van der Waals surface area contributed by atoms with Crippen molar-refractivity contribution in [1.82, 2.24) is 30.0 Å². The molecule has 2 aromatic heterocycles. The van der Waals surface area contributed by atoms with Crippen molar-refractivity contribution in [3.8, 4) is 0 Å². The summed E-state index contributed by atoms with van der Waals surface area (Å²) in [5.74, 6) is 1.57. The zero-order valence-corrected chi connectivity index (χ0v) is 22.8. The van der Waals surface area contributed by atoms with E-state index in [4.69, 9.17) is 21.3 Å². The molecule has 3 aromatic rings. The summed E-state index contributed by atoms with van der Waals surface area (Å²) in [6.07, 6.45) is 0.689. The van der Waals surface area contributed by atoms with Crippen LogP contribution in [0.15, 0.2) is 30.3 Å². The van der Waals surface area contributed by atoms with Gasteiger partial charge in [0.05, 0.1) is 12.2 Å². The van der Waals surface area contributed by atoms with Gasteiger partial charge in [0.25, 0.3) is 5.91 Å². The van der Waals surface area contributed by atoms with Gasteiger partial charge in [-0.25, -0.2) is 4.39 Å². The van der Waals surface area contributed by atoms with Crippen LogP contribution in [-0.2, 0) is 4.74 Å². The van der Waals surface area contributed by atoms with Gasteiger partial charge < -0.3 is 25.2 Å². The summed E-state index contributed by atoms with van der Waals surface area (Å²) in [5.41, 5.74) is 0.953. The lowest BCUT2D eigenvalue weighted by Crippen LogP contribution is -2.47. The molecule has 39 heavy (non-hydrogen) atoms. The maximum Gasteiger partial charge on any atom is 0.256 e. The number of amides is 1. The number of anilines is 4. The summed E-state index contributed by atoms with van der Waals surface area (Å²) >= 11 is 5.85. The number of hydrogen-bond donors (Lipinski definition) is 3. The molecule has 1 atom stereocenters. The summed E-state index contributed by atoms with van der Waals surface area (Å²) in [6.45, 7) is 7.96. The molecule has 1 aromatic carbocycles. The number of piperazine rings is 1. The average molecular weight is 558 g/mol. The molecule has 3 N–H and O–H groups in total. The SMILES string of the molecule is COCCN1CCN(c2cc(Nc3cc(C)[nH]n3)nc(N[C@H]3CCN(C(=O)c4ccc(Cl)cc4F)C3)n2)CC1. The van der Waals surface area contributed by atoms with Crippen molar-refractivity contribution in [3.05, 3.63) is 52.4 Å². The number of carbonyl (C=O) groups excluding carboxylic acids is 1. The molecular formula is C26H33ClFN9O2. The Kier molecular flexibility index (Phi) is 8.44. The van der Waals surface area contributed by atoms with Gasteiger partial charge in [-0.1, -0.05) is 11.6 Å². The second-order valence-electron chi connectivity index (χ2n) is 9.82. The van der Waals surface area contributed by atoms with E-state index >= 15 is 0 Å². The lowest BCUT2D eigenvalue weighted by molar-refractivity contribution is 0.0787. The number of benzene rings is 1. The maximum atomic E-state index is 14.3. The molecule has 5 rings (SSSR count). The highest BCUT2D eigenvalue weighted by atomic mass is 35.5. The number of hydrogen-bond acceptors (Lipinski definition) is 9. The van der Waals surface area contributed by atoms with Crippen LogP contribution in [0.5, 0.6) is 0 Å². The highest BCUT2D eigenvalue weighted by Gasteiger charge is 2.29. The molecule has 0 bridgehead atoms. The Morgan fingerprint density at radius 1 is 1.15 bits per heavy atom. The third kappa shape index (κ3) is 6.75. The zero-order chi connectivity index (χ0) is 27.4. The van der Waals surface area contributed by atoms with Crippen molar-refractivity contribution in [2.75, 3.05) is 75.1 Å². The van der Waals surface area contributed by atoms with Crippen molar-refractivity contribution in [2.45, 2.75) is 19.4 Å². The van der Waals surface area contributed by atoms with Crippen LogP contribution < -0.4 is 15.5 Å². The fourth-order valence-electron chi connectivity index (χ4n) is 4.84. The number of likely N-dealkylation sites (tertiary alicyclic amines) is 1. The average Bonchev–Trinajstić information content (AvgIpc) is 3.56. The van der Waals surface area contributed by atoms with Gasteiger partial charge in [0.1, 0.15) is 17.5 Å². The molecule has 2 aliphatic heterocycles. The monoisotopic (exact) mass is 557 g/mol. The molecule has 0 aliphatic carbocycles. The van der Waals surface area contributed by atoms with E-state index in [1.54, 1.807) is 12.0 Å². The third-order valence-electron chi connectivity index (χ3n) is 6.95. The minimum atomic E-state index is -0.619. The summed E-state index contributed by atoms with van der Waals surface area (Å²) in [7, 11) is 1.72. The Morgan fingerprint density at radius 2 is 1.97 bits per heavy atom. The number of H-pyrrole nitrogens is 1. The largest absolute Gasteiger partial charge is 0.383 e. The van der Waals surface area contributed by atoms with Gasteiger partial charge in [0.2, 0.25) is 5.95 Å². The van der Waals surface area contributed by atoms with Crippen molar-refractivity contribution in [3.63, 3.8) is 0 Å². The quantitative estimate of drug-likeness (QED) is 0.365. The molecule has 2 saturated heterocycles. The zero-order valence-electron chi connectivity index (χ0n) is 22.1. The van der Waals surface area contributed by atoms with Gasteiger partial charge >= 0.3 is 0 Å². The number of halogens is 2. The number of methoxy groups -OCH3 is 1. The predicted molar refractivity (Wildman–Crippen MR) is 149 cm³/mol. The van der Waals surface area contributed by atoms with E-state index in [9.17, 15) is 9.18 Å². The van der Waals surface area contributed by atoms with Crippen LogP contribution in [0.25, 0.3) is 0 Å². The van der Waals surface area contributed by atoms with Gasteiger partial charge in [-0.05, 0) is 31.5 Å². The Balaban J connectivity index is 1.29. The molecule has 2 fully saturated rings. The van der Waals surface area contributed by atoms with Crippen molar-refractivity contribution < 1.29 is 13.9 Å². The molecule has 0 unspecified atom stereocenters. The first kappa shape index (κ1) is 27.1. The first-order chi connectivity index (χ1) is 18.9. The lowest BCUT2D eigenvalue weighted by Gasteiger charge is -2.35. The molecule has 13 heteroatoms. The van der Waals surface area contributed by atoms with Crippen LogP contribution in [-0.4, -0.2) is 101 Å². The van der Waals surface area contributed by atoms with Gasteiger partial charge in [-0.15, -0.1) is 0 Å². The predicted octanol–water partition coefficient (Wildman–Crippen LogP) is 3.14. The first-order valence-corrected chi connectivity index (χ1v) is 13.4. The summed E-state index contributed by atoms with van der Waals surface area (Å²) < 4.78 is 19.6. The molecule has 0 radical (unpaired) electrons. The number of nitrogens with one attached hydrogen (secondary N) is 3. The van der Waals surface area contributed by atoms with E-state index in [-0.39, 0.29) is 22.5 Å². The fourth-order valence-corrected chi connectivity index (χ4v) is 5.00. The van der Waals surface area contributed by atoms with Crippen molar-refractivity contribution in [2.24, 2.45) is 0 Å².